The number of hydrogen-bond donors (Lipinski definition) is 2. The highest BCUT2D eigenvalue weighted by Gasteiger charge is 2.26. The Hall–Kier alpha value is -5.95. The SMILES string of the molecule is COc1cc(C2NC(=O)c3cc(Cl)ccc3N2)ccc1OCCCCCCCCCOc1c(OC)cc(-c2cc(-c3cc(OC)c(OC)c(OC)c3)no2)cc1OC. The summed E-state index contributed by atoms with van der Waals surface area (Å²) in [5.41, 5.74) is 4.14. The number of halogens is 1. The number of unbranched alkanes of at least 4 members (excludes halogenated alkanes) is 6. The van der Waals surface area contributed by atoms with Gasteiger partial charge >= 0.3 is 0 Å². The van der Waals surface area contributed by atoms with Gasteiger partial charge in [0.2, 0.25) is 11.5 Å². The van der Waals surface area contributed by atoms with Gasteiger partial charge in [-0.15, -0.1) is 0 Å². The largest absolute Gasteiger partial charge is 0.493 e. The zero-order valence-corrected chi connectivity index (χ0v) is 34.5. The van der Waals surface area contributed by atoms with Crippen molar-refractivity contribution in [3.8, 4) is 68.6 Å². The van der Waals surface area contributed by atoms with Crippen molar-refractivity contribution in [2.45, 2.75) is 51.1 Å². The Bertz CT molecular complexity index is 2120. The van der Waals surface area contributed by atoms with Gasteiger partial charge in [-0.2, -0.15) is 0 Å². The molecule has 58 heavy (non-hydrogen) atoms. The maximum absolute atomic E-state index is 12.7. The summed E-state index contributed by atoms with van der Waals surface area (Å²) in [6.45, 7) is 1.11. The van der Waals surface area contributed by atoms with Gasteiger partial charge in [-0.25, -0.2) is 0 Å². The van der Waals surface area contributed by atoms with E-state index in [9.17, 15) is 4.79 Å². The van der Waals surface area contributed by atoms with E-state index in [-0.39, 0.29) is 5.91 Å². The number of fused-ring (bicyclic) bond motifs is 1. The van der Waals surface area contributed by atoms with Crippen molar-refractivity contribution in [2.24, 2.45) is 0 Å². The van der Waals surface area contributed by atoms with Crippen LogP contribution in [0, 0.1) is 0 Å². The highest BCUT2D eigenvalue weighted by Crippen LogP contribution is 2.44. The van der Waals surface area contributed by atoms with E-state index in [0.29, 0.717) is 81.3 Å². The molecular weight excluding hydrogens is 766 g/mol. The van der Waals surface area contributed by atoms with Gasteiger partial charge in [-0.3, -0.25) is 4.79 Å². The molecule has 0 fully saturated rings. The number of methoxy groups -OCH3 is 6. The Kier molecular flexibility index (Phi) is 14.3. The first kappa shape index (κ1) is 41.7. The van der Waals surface area contributed by atoms with Crippen LogP contribution < -0.4 is 48.5 Å². The molecule has 2 heterocycles. The molecular formula is C44H50ClN3O10. The van der Waals surface area contributed by atoms with Crippen molar-refractivity contribution in [3.63, 3.8) is 0 Å². The quantitative estimate of drug-likeness (QED) is 0.0682. The second-order valence-corrected chi connectivity index (χ2v) is 14.0. The summed E-state index contributed by atoms with van der Waals surface area (Å²) in [4.78, 5) is 12.7. The maximum Gasteiger partial charge on any atom is 0.255 e. The van der Waals surface area contributed by atoms with Gasteiger partial charge < -0.3 is 53.1 Å². The first-order chi connectivity index (χ1) is 28.3. The van der Waals surface area contributed by atoms with Gasteiger partial charge in [0.1, 0.15) is 11.9 Å². The smallest absolute Gasteiger partial charge is 0.255 e. The lowest BCUT2D eigenvalue weighted by atomic mass is 10.1. The van der Waals surface area contributed by atoms with Crippen molar-refractivity contribution < 1.29 is 47.2 Å². The molecule has 0 spiro atoms. The molecule has 4 aromatic carbocycles. The predicted molar refractivity (Wildman–Crippen MR) is 222 cm³/mol. The van der Waals surface area contributed by atoms with Gasteiger partial charge in [-0.05, 0) is 73.0 Å². The van der Waals surface area contributed by atoms with Crippen molar-refractivity contribution in [1.82, 2.24) is 10.5 Å². The van der Waals surface area contributed by atoms with Crippen molar-refractivity contribution in [1.29, 1.82) is 0 Å². The molecule has 308 valence electrons. The number of carbonyl (C=O) groups excluding carboxylic acids is 1. The molecule has 1 amide bonds. The molecule has 5 aromatic rings. The minimum Gasteiger partial charge on any atom is -0.493 e. The number of ether oxygens (including phenoxy) is 8. The van der Waals surface area contributed by atoms with Crippen LogP contribution >= 0.6 is 11.6 Å². The minimum atomic E-state index is -0.405. The second-order valence-electron chi connectivity index (χ2n) is 13.5. The molecule has 14 heteroatoms. The maximum atomic E-state index is 12.7. The average molecular weight is 816 g/mol. The summed E-state index contributed by atoms with van der Waals surface area (Å²) >= 11 is 6.07. The molecule has 1 aromatic heterocycles. The Morgan fingerprint density at radius 3 is 1.79 bits per heavy atom. The molecule has 1 unspecified atom stereocenters. The van der Waals surface area contributed by atoms with Crippen LogP contribution in [0.3, 0.4) is 0 Å². The lowest BCUT2D eigenvalue weighted by Gasteiger charge is -2.28. The van der Waals surface area contributed by atoms with Crippen LogP contribution in [0.15, 0.2) is 71.3 Å². The fourth-order valence-electron chi connectivity index (χ4n) is 6.77. The summed E-state index contributed by atoms with van der Waals surface area (Å²) in [6.07, 6.45) is 6.88. The zero-order valence-electron chi connectivity index (χ0n) is 33.7. The van der Waals surface area contributed by atoms with E-state index >= 15 is 0 Å². The van der Waals surface area contributed by atoms with Crippen LogP contribution in [0.2, 0.25) is 5.02 Å². The van der Waals surface area contributed by atoms with Crippen LogP contribution in [0.1, 0.15) is 67.0 Å². The summed E-state index contributed by atoms with van der Waals surface area (Å²) < 4.78 is 51.5. The van der Waals surface area contributed by atoms with E-state index in [1.165, 1.54) is 0 Å². The Morgan fingerprint density at radius 2 is 1.17 bits per heavy atom. The number of nitrogens with one attached hydrogen (secondary N) is 2. The van der Waals surface area contributed by atoms with Crippen LogP contribution in [0.5, 0.6) is 46.0 Å². The van der Waals surface area contributed by atoms with Crippen LogP contribution in [-0.2, 0) is 0 Å². The molecule has 1 atom stereocenters. The zero-order chi connectivity index (χ0) is 41.0. The number of hydrogen-bond acceptors (Lipinski definition) is 12. The van der Waals surface area contributed by atoms with Crippen molar-refractivity contribution >= 4 is 23.2 Å². The molecule has 0 saturated carbocycles. The number of anilines is 1. The summed E-state index contributed by atoms with van der Waals surface area (Å²) in [5, 5.41) is 11.1. The molecule has 1 aliphatic heterocycles. The van der Waals surface area contributed by atoms with Crippen LogP contribution in [0.25, 0.3) is 22.6 Å². The lowest BCUT2D eigenvalue weighted by Crippen LogP contribution is -2.38. The number of aromatic nitrogens is 1. The van der Waals surface area contributed by atoms with Gasteiger partial charge in [0.15, 0.2) is 40.3 Å². The van der Waals surface area contributed by atoms with E-state index in [4.69, 9.17) is 54.0 Å². The molecule has 0 aliphatic carbocycles. The molecule has 0 saturated heterocycles. The van der Waals surface area contributed by atoms with E-state index in [1.54, 1.807) is 54.8 Å². The third-order valence-electron chi connectivity index (χ3n) is 9.83. The molecule has 2 N–H and O–H groups in total. The minimum absolute atomic E-state index is 0.187. The summed E-state index contributed by atoms with van der Waals surface area (Å²) in [6, 6.07) is 20.1. The van der Waals surface area contributed by atoms with Crippen LogP contribution in [0.4, 0.5) is 5.69 Å². The number of rotatable bonds is 21. The topological polar surface area (TPSA) is 141 Å². The third-order valence-corrected chi connectivity index (χ3v) is 10.1. The standard InChI is InChI=1S/C44H50ClN3O10/c1-50-36-20-27(43-46-32-16-15-30(45)25-31(32)44(49)47-43)14-17-34(36)56-18-12-10-8-7-9-11-13-19-57-42-39(53-4)23-29(24-40(42)54-5)35-26-33(48-58-35)28-21-37(51-2)41(55-6)38(22-28)52-3/h14-17,20-26,43,46H,7-13,18-19H2,1-6H3,(H,47,49). The highest BCUT2D eigenvalue weighted by molar-refractivity contribution is 6.31. The van der Waals surface area contributed by atoms with E-state index in [0.717, 1.165) is 67.3 Å². The normalized spacial score (nSPS) is 13.2. The average Bonchev–Trinajstić information content (AvgIpc) is 3.75. The summed E-state index contributed by atoms with van der Waals surface area (Å²) in [5.74, 6) is 4.74. The van der Waals surface area contributed by atoms with Gasteiger partial charge in [0.05, 0.1) is 61.4 Å². The van der Waals surface area contributed by atoms with E-state index in [1.807, 2.05) is 54.6 Å². The predicted octanol–water partition coefficient (Wildman–Crippen LogP) is 9.76. The third kappa shape index (κ3) is 9.76. The Morgan fingerprint density at radius 1 is 0.586 bits per heavy atom. The molecule has 1 aliphatic rings. The molecule has 6 rings (SSSR count). The molecule has 0 radical (unpaired) electrons. The fourth-order valence-corrected chi connectivity index (χ4v) is 6.94. The van der Waals surface area contributed by atoms with Crippen molar-refractivity contribution in [3.05, 3.63) is 82.9 Å². The lowest BCUT2D eigenvalue weighted by molar-refractivity contribution is 0.0935. The summed E-state index contributed by atoms with van der Waals surface area (Å²) in [7, 11) is 9.49. The highest BCUT2D eigenvalue weighted by atomic mass is 35.5. The van der Waals surface area contributed by atoms with E-state index < -0.39 is 6.17 Å². The Balaban J connectivity index is 0.916. The Labute approximate surface area is 343 Å². The molecule has 0 bridgehead atoms. The first-order valence-corrected chi connectivity index (χ1v) is 19.5. The number of benzene rings is 4. The van der Waals surface area contributed by atoms with Gasteiger partial charge in [-0.1, -0.05) is 54.9 Å². The number of nitrogens with zero attached hydrogens (tertiary/aromatic N) is 1. The van der Waals surface area contributed by atoms with Crippen molar-refractivity contribution in [2.75, 3.05) is 61.2 Å². The second kappa shape index (κ2) is 20.0. The number of carbonyl (C=O) groups is 1. The molecule has 13 nitrogen and oxygen atoms in total. The first-order valence-electron chi connectivity index (χ1n) is 19.1. The van der Waals surface area contributed by atoms with Gasteiger partial charge in [0.25, 0.3) is 5.91 Å². The fraction of sp³-hybridized carbons (Fsp3) is 0.364. The van der Waals surface area contributed by atoms with Gasteiger partial charge in [0, 0.05) is 27.9 Å². The number of amides is 1. The van der Waals surface area contributed by atoms with Crippen LogP contribution in [-0.4, -0.2) is 66.9 Å². The van der Waals surface area contributed by atoms with E-state index in [2.05, 4.69) is 15.8 Å². The monoisotopic (exact) mass is 815 g/mol.